The van der Waals surface area contributed by atoms with Gasteiger partial charge in [0.15, 0.2) is 0 Å². The maximum atomic E-state index is 10.1. The fraction of sp³-hybridized carbons (Fsp3) is 0.900. The van der Waals surface area contributed by atoms with Crippen molar-refractivity contribution in [2.45, 2.75) is 45.6 Å². The Hall–Kier alpha value is -0.550. The van der Waals surface area contributed by atoms with Crippen molar-refractivity contribution in [2.75, 3.05) is 0 Å². The van der Waals surface area contributed by atoms with E-state index >= 15 is 0 Å². The van der Waals surface area contributed by atoms with Gasteiger partial charge in [0.1, 0.15) is 0 Å². The zero-order valence-corrected chi connectivity index (χ0v) is 8.09. The topological polar surface area (TPSA) is 44.0 Å². The molecule has 0 heterocycles. The van der Waals surface area contributed by atoms with Gasteiger partial charge in [-0.1, -0.05) is 20.8 Å². The van der Waals surface area contributed by atoms with Crippen LogP contribution in [0.3, 0.4) is 0 Å². The number of hydrogen-bond donors (Lipinski definition) is 1. The van der Waals surface area contributed by atoms with Crippen LogP contribution in [0.15, 0.2) is 0 Å². The third kappa shape index (κ3) is 1.47. The van der Waals surface area contributed by atoms with Gasteiger partial charge in [0.2, 0.25) is 0 Å². The Morgan fingerprint density at radius 1 is 1.67 bits per heavy atom. The van der Waals surface area contributed by atoms with E-state index in [1.807, 2.05) is 6.92 Å². The summed E-state index contributed by atoms with van der Waals surface area (Å²) in [7, 11) is 0. The van der Waals surface area contributed by atoms with E-state index in [0.29, 0.717) is 12.3 Å². The Bertz CT molecular complexity index is 216. The summed E-state index contributed by atoms with van der Waals surface area (Å²) < 4.78 is 0. The second kappa shape index (κ2) is 2.74. The molecule has 0 saturated heterocycles. The van der Waals surface area contributed by atoms with Crippen molar-refractivity contribution >= 4 is 0 Å². The molecule has 0 aromatic carbocycles. The Labute approximate surface area is 74.2 Å². The highest BCUT2D eigenvalue weighted by Crippen LogP contribution is 2.58. The third-order valence-electron chi connectivity index (χ3n) is 3.16. The Kier molecular flexibility index (Phi) is 2.18. The van der Waals surface area contributed by atoms with Crippen LogP contribution in [-0.2, 0) is 0 Å². The molecule has 0 spiro atoms. The van der Waals surface area contributed by atoms with E-state index in [9.17, 15) is 5.11 Å². The van der Waals surface area contributed by atoms with E-state index in [-0.39, 0.29) is 11.8 Å². The lowest BCUT2D eigenvalue weighted by atomic mass is 9.87. The zero-order valence-electron chi connectivity index (χ0n) is 8.09. The van der Waals surface area contributed by atoms with Gasteiger partial charge in [-0.2, -0.15) is 5.26 Å². The molecule has 0 aromatic heterocycles. The van der Waals surface area contributed by atoms with Crippen LogP contribution in [0.4, 0.5) is 0 Å². The second-order valence-electron chi connectivity index (χ2n) is 4.54. The van der Waals surface area contributed by atoms with Crippen LogP contribution in [0.2, 0.25) is 0 Å². The fourth-order valence-corrected chi connectivity index (χ4v) is 2.02. The fourth-order valence-electron chi connectivity index (χ4n) is 2.02. The molecule has 2 heteroatoms. The minimum atomic E-state index is -0.724. The van der Waals surface area contributed by atoms with Crippen molar-refractivity contribution in [2.24, 2.45) is 11.3 Å². The van der Waals surface area contributed by atoms with Crippen LogP contribution in [0.1, 0.15) is 40.0 Å². The second-order valence-corrected chi connectivity index (χ2v) is 4.54. The van der Waals surface area contributed by atoms with E-state index in [1.54, 1.807) is 0 Å². The lowest BCUT2D eigenvalue weighted by Gasteiger charge is -2.25. The van der Waals surface area contributed by atoms with E-state index in [0.717, 1.165) is 6.42 Å². The summed E-state index contributed by atoms with van der Waals surface area (Å²) in [6, 6.07) is 2.07. The van der Waals surface area contributed by atoms with Gasteiger partial charge in [-0.05, 0) is 24.2 Å². The number of nitriles is 1. The van der Waals surface area contributed by atoms with Crippen LogP contribution >= 0.6 is 0 Å². The molecule has 1 rings (SSSR count). The predicted molar refractivity (Wildman–Crippen MR) is 47.4 cm³/mol. The first-order valence-electron chi connectivity index (χ1n) is 4.55. The van der Waals surface area contributed by atoms with E-state index < -0.39 is 5.60 Å². The Morgan fingerprint density at radius 3 is 2.42 bits per heavy atom. The number of aliphatic hydroxyl groups is 1. The Balaban J connectivity index is 2.65. The molecule has 1 saturated carbocycles. The van der Waals surface area contributed by atoms with Crippen molar-refractivity contribution in [1.82, 2.24) is 0 Å². The summed E-state index contributed by atoms with van der Waals surface area (Å²) in [5.74, 6) is 0.328. The first-order valence-corrected chi connectivity index (χ1v) is 4.55. The van der Waals surface area contributed by atoms with Crippen LogP contribution in [0, 0.1) is 22.7 Å². The average molecular weight is 167 g/mol. The van der Waals surface area contributed by atoms with Crippen LogP contribution in [-0.4, -0.2) is 10.7 Å². The Morgan fingerprint density at radius 2 is 2.17 bits per heavy atom. The molecule has 0 aliphatic heterocycles. The lowest BCUT2D eigenvalue weighted by molar-refractivity contribution is 0.00702. The van der Waals surface area contributed by atoms with Crippen molar-refractivity contribution in [1.29, 1.82) is 5.26 Å². The van der Waals surface area contributed by atoms with Crippen molar-refractivity contribution < 1.29 is 5.11 Å². The summed E-state index contributed by atoms with van der Waals surface area (Å²) in [5, 5.41) is 18.6. The highest BCUT2D eigenvalue weighted by Gasteiger charge is 2.56. The van der Waals surface area contributed by atoms with Gasteiger partial charge in [-0.3, -0.25) is 0 Å². The summed E-state index contributed by atoms with van der Waals surface area (Å²) in [4.78, 5) is 0. The molecule has 1 aliphatic rings. The average Bonchev–Trinajstić information content (AvgIpc) is 2.61. The largest absolute Gasteiger partial charge is 0.389 e. The number of rotatable bonds is 3. The minimum Gasteiger partial charge on any atom is -0.389 e. The summed E-state index contributed by atoms with van der Waals surface area (Å²) in [6.07, 6.45) is 2.02. The van der Waals surface area contributed by atoms with Gasteiger partial charge in [0.05, 0.1) is 18.1 Å². The van der Waals surface area contributed by atoms with E-state index in [4.69, 9.17) is 5.26 Å². The molecule has 1 fully saturated rings. The molecule has 0 amide bonds. The maximum absolute atomic E-state index is 10.1. The first kappa shape index (κ1) is 9.54. The van der Waals surface area contributed by atoms with Crippen LogP contribution < -0.4 is 0 Å². The van der Waals surface area contributed by atoms with E-state index in [1.165, 1.54) is 0 Å². The monoisotopic (exact) mass is 167 g/mol. The van der Waals surface area contributed by atoms with Gasteiger partial charge >= 0.3 is 0 Å². The molecule has 0 aromatic rings. The highest BCUT2D eigenvalue weighted by atomic mass is 16.3. The summed E-state index contributed by atoms with van der Waals surface area (Å²) >= 11 is 0. The molecule has 0 bridgehead atoms. The predicted octanol–water partition coefficient (Wildman–Crippen LogP) is 2.09. The van der Waals surface area contributed by atoms with Gasteiger partial charge in [0.25, 0.3) is 0 Å². The molecule has 68 valence electrons. The smallest absolute Gasteiger partial charge is 0.0807 e. The molecule has 0 radical (unpaired) electrons. The number of hydrogen-bond acceptors (Lipinski definition) is 2. The molecule has 12 heavy (non-hydrogen) atoms. The molecular formula is C10H17NO. The van der Waals surface area contributed by atoms with Gasteiger partial charge in [-0.25, -0.2) is 0 Å². The summed E-state index contributed by atoms with van der Waals surface area (Å²) in [6.45, 7) is 6.25. The highest BCUT2D eigenvalue weighted by molar-refractivity contribution is 5.08. The quantitative estimate of drug-likeness (QED) is 0.699. The third-order valence-corrected chi connectivity index (χ3v) is 3.16. The normalized spacial score (nSPS) is 30.4. The SMILES string of the molecule is CCC(O)(CC#N)C1CC1(C)C. The lowest BCUT2D eigenvalue weighted by Crippen LogP contribution is -2.31. The molecule has 1 aliphatic carbocycles. The molecule has 2 unspecified atom stereocenters. The standard InChI is InChI=1S/C10H17NO/c1-4-10(12,5-6-11)8-7-9(8,2)3/h8,12H,4-5,7H2,1-3H3. The molecule has 2 atom stereocenters. The molecular weight excluding hydrogens is 150 g/mol. The number of nitrogens with zero attached hydrogens (tertiary/aromatic N) is 1. The van der Waals surface area contributed by atoms with Crippen molar-refractivity contribution in [3.05, 3.63) is 0 Å². The maximum Gasteiger partial charge on any atom is 0.0807 e. The minimum absolute atomic E-state index is 0.252. The van der Waals surface area contributed by atoms with Crippen molar-refractivity contribution in [3.63, 3.8) is 0 Å². The van der Waals surface area contributed by atoms with Gasteiger partial charge in [0, 0.05) is 0 Å². The van der Waals surface area contributed by atoms with Crippen molar-refractivity contribution in [3.8, 4) is 6.07 Å². The molecule has 2 nitrogen and oxygen atoms in total. The zero-order chi connectivity index (χ0) is 9.41. The summed E-state index contributed by atoms with van der Waals surface area (Å²) in [5.41, 5.74) is -0.472. The van der Waals surface area contributed by atoms with E-state index in [2.05, 4.69) is 19.9 Å². The van der Waals surface area contributed by atoms with Gasteiger partial charge < -0.3 is 5.11 Å². The van der Waals surface area contributed by atoms with Crippen LogP contribution in [0.25, 0.3) is 0 Å². The first-order chi connectivity index (χ1) is 5.46. The van der Waals surface area contributed by atoms with Crippen LogP contribution in [0.5, 0.6) is 0 Å². The van der Waals surface area contributed by atoms with Gasteiger partial charge in [-0.15, -0.1) is 0 Å². The molecule has 1 N–H and O–H groups in total.